The smallest absolute Gasteiger partial charge is 0.224 e. The van der Waals surface area contributed by atoms with Crippen molar-refractivity contribution in [1.82, 2.24) is 14.9 Å². The van der Waals surface area contributed by atoms with E-state index < -0.39 is 0 Å². The number of nitrogens with two attached hydrogens (primary N) is 1. The van der Waals surface area contributed by atoms with E-state index in [0.29, 0.717) is 12.0 Å². The number of hydrogen-bond acceptors (Lipinski definition) is 5. The monoisotopic (exact) mass is 235 g/mol. The number of rotatable bonds is 3. The number of hydrogen-bond donors (Lipinski definition) is 1. The van der Waals surface area contributed by atoms with Crippen LogP contribution in [-0.4, -0.2) is 48.1 Å². The number of nitrogens with zero attached hydrogens (tertiary/aromatic N) is 4. The van der Waals surface area contributed by atoms with Crippen molar-refractivity contribution in [3.8, 4) is 0 Å². The second-order valence-electron chi connectivity index (χ2n) is 5.12. The van der Waals surface area contributed by atoms with Crippen LogP contribution >= 0.6 is 0 Å². The van der Waals surface area contributed by atoms with Gasteiger partial charge in [0, 0.05) is 57.7 Å². The highest BCUT2D eigenvalue weighted by Gasteiger charge is 2.26. The molecular formula is C12H21N5. The molecule has 2 atom stereocenters. The van der Waals surface area contributed by atoms with Crippen molar-refractivity contribution in [2.75, 3.05) is 32.1 Å². The Morgan fingerprint density at radius 2 is 2.00 bits per heavy atom. The van der Waals surface area contributed by atoms with Crippen LogP contribution in [0.4, 0.5) is 5.95 Å². The summed E-state index contributed by atoms with van der Waals surface area (Å²) >= 11 is 0. The summed E-state index contributed by atoms with van der Waals surface area (Å²) in [5.74, 6) is 1.33. The third kappa shape index (κ3) is 2.92. The van der Waals surface area contributed by atoms with Gasteiger partial charge in [-0.2, -0.15) is 0 Å². The third-order valence-electron chi connectivity index (χ3n) is 3.24. The Morgan fingerprint density at radius 3 is 2.47 bits per heavy atom. The van der Waals surface area contributed by atoms with Crippen LogP contribution in [0.1, 0.15) is 12.5 Å². The van der Waals surface area contributed by atoms with Crippen molar-refractivity contribution in [1.29, 1.82) is 0 Å². The molecule has 2 rings (SSSR count). The minimum absolute atomic E-state index is 0.303. The molecule has 1 aromatic rings. The molecule has 2 unspecified atom stereocenters. The zero-order valence-corrected chi connectivity index (χ0v) is 10.8. The third-order valence-corrected chi connectivity index (χ3v) is 3.24. The molecule has 0 amide bonds. The predicted molar refractivity (Wildman–Crippen MR) is 68.8 cm³/mol. The Kier molecular flexibility index (Phi) is 3.59. The molecule has 0 aliphatic carbocycles. The minimum atomic E-state index is 0.303. The molecule has 94 valence electrons. The van der Waals surface area contributed by atoms with Crippen LogP contribution in [0.15, 0.2) is 12.4 Å². The number of likely N-dealkylation sites (tertiary alicyclic amines) is 1. The summed E-state index contributed by atoms with van der Waals surface area (Å²) in [5, 5.41) is 0. The summed E-state index contributed by atoms with van der Waals surface area (Å²) in [6.07, 6.45) is 3.80. The van der Waals surface area contributed by atoms with Crippen LogP contribution in [0.5, 0.6) is 0 Å². The molecule has 17 heavy (non-hydrogen) atoms. The summed E-state index contributed by atoms with van der Waals surface area (Å²) in [6.45, 7) is 5.13. The second-order valence-corrected chi connectivity index (χ2v) is 5.12. The molecular weight excluding hydrogens is 214 g/mol. The normalized spacial score (nSPS) is 25.2. The quantitative estimate of drug-likeness (QED) is 0.817. The maximum atomic E-state index is 6.01. The molecule has 0 aromatic carbocycles. The van der Waals surface area contributed by atoms with Gasteiger partial charge in [0.1, 0.15) is 0 Å². The fraction of sp³-hybridized carbons (Fsp3) is 0.667. The van der Waals surface area contributed by atoms with Crippen molar-refractivity contribution >= 4 is 5.95 Å². The van der Waals surface area contributed by atoms with Crippen LogP contribution in [-0.2, 0) is 6.54 Å². The van der Waals surface area contributed by atoms with Gasteiger partial charge in [-0.05, 0) is 5.92 Å². The minimum Gasteiger partial charge on any atom is -0.347 e. The van der Waals surface area contributed by atoms with E-state index >= 15 is 0 Å². The molecule has 1 aliphatic rings. The summed E-state index contributed by atoms with van der Waals surface area (Å²) in [7, 11) is 3.88. The highest BCUT2D eigenvalue weighted by atomic mass is 15.2. The molecule has 5 heteroatoms. The lowest BCUT2D eigenvalue weighted by Gasteiger charge is -2.15. The van der Waals surface area contributed by atoms with E-state index in [9.17, 15) is 0 Å². The largest absolute Gasteiger partial charge is 0.347 e. The Labute approximate surface area is 103 Å². The van der Waals surface area contributed by atoms with Crippen LogP contribution in [0.2, 0.25) is 0 Å². The van der Waals surface area contributed by atoms with Gasteiger partial charge in [-0.1, -0.05) is 6.92 Å². The van der Waals surface area contributed by atoms with Gasteiger partial charge in [-0.3, -0.25) is 4.90 Å². The molecule has 1 saturated heterocycles. The maximum Gasteiger partial charge on any atom is 0.224 e. The molecule has 2 heterocycles. The Hall–Kier alpha value is -1.20. The summed E-state index contributed by atoms with van der Waals surface area (Å²) in [6, 6.07) is 0.303. The standard InChI is InChI=1S/C12H21N5/c1-9-6-17(8-11(9)13)7-10-4-14-12(15-5-10)16(2)3/h4-5,9,11H,6-8,13H2,1-3H3. The molecule has 0 saturated carbocycles. The van der Waals surface area contributed by atoms with Gasteiger partial charge in [0.2, 0.25) is 5.95 Å². The SMILES string of the molecule is CC1CN(Cc2cnc(N(C)C)nc2)CC1N. The van der Waals surface area contributed by atoms with Gasteiger partial charge in [0.15, 0.2) is 0 Å². The van der Waals surface area contributed by atoms with E-state index in [-0.39, 0.29) is 0 Å². The average Bonchev–Trinajstić information content (AvgIpc) is 2.58. The molecule has 0 spiro atoms. The van der Waals surface area contributed by atoms with Gasteiger partial charge in [0.05, 0.1) is 0 Å². The lowest BCUT2D eigenvalue weighted by Crippen LogP contribution is -2.28. The molecule has 0 radical (unpaired) electrons. The zero-order chi connectivity index (χ0) is 12.4. The highest BCUT2D eigenvalue weighted by Crippen LogP contribution is 2.17. The van der Waals surface area contributed by atoms with Crippen LogP contribution in [0.3, 0.4) is 0 Å². The maximum absolute atomic E-state index is 6.01. The lowest BCUT2D eigenvalue weighted by atomic mass is 10.1. The van der Waals surface area contributed by atoms with Gasteiger partial charge >= 0.3 is 0 Å². The number of anilines is 1. The van der Waals surface area contributed by atoms with Crippen LogP contribution < -0.4 is 10.6 Å². The zero-order valence-electron chi connectivity index (χ0n) is 10.8. The topological polar surface area (TPSA) is 58.3 Å². The van der Waals surface area contributed by atoms with Crippen molar-refractivity contribution in [3.05, 3.63) is 18.0 Å². The molecule has 1 aromatic heterocycles. The first-order valence-electron chi connectivity index (χ1n) is 6.02. The first-order valence-corrected chi connectivity index (χ1v) is 6.02. The van der Waals surface area contributed by atoms with E-state index in [2.05, 4.69) is 21.8 Å². The molecule has 0 bridgehead atoms. The van der Waals surface area contributed by atoms with Gasteiger partial charge in [0.25, 0.3) is 0 Å². The van der Waals surface area contributed by atoms with E-state index in [0.717, 1.165) is 31.1 Å². The van der Waals surface area contributed by atoms with Crippen LogP contribution in [0.25, 0.3) is 0 Å². The van der Waals surface area contributed by atoms with Gasteiger partial charge in [-0.25, -0.2) is 9.97 Å². The van der Waals surface area contributed by atoms with Crippen LogP contribution in [0, 0.1) is 5.92 Å². The van der Waals surface area contributed by atoms with Gasteiger partial charge < -0.3 is 10.6 Å². The summed E-state index contributed by atoms with van der Waals surface area (Å²) < 4.78 is 0. The predicted octanol–water partition coefficient (Wildman–Crippen LogP) is 0.322. The Bertz CT molecular complexity index is 352. The van der Waals surface area contributed by atoms with E-state index in [1.807, 2.05) is 31.4 Å². The van der Waals surface area contributed by atoms with E-state index in [1.54, 1.807) is 0 Å². The molecule has 2 N–H and O–H groups in total. The molecule has 1 aliphatic heterocycles. The number of aromatic nitrogens is 2. The summed E-state index contributed by atoms with van der Waals surface area (Å²) in [5.41, 5.74) is 7.16. The Balaban J connectivity index is 1.95. The first kappa shape index (κ1) is 12.3. The van der Waals surface area contributed by atoms with Gasteiger partial charge in [-0.15, -0.1) is 0 Å². The summed E-state index contributed by atoms with van der Waals surface area (Å²) in [4.78, 5) is 12.9. The van der Waals surface area contributed by atoms with Crippen molar-refractivity contribution in [2.45, 2.75) is 19.5 Å². The Morgan fingerprint density at radius 1 is 1.35 bits per heavy atom. The van der Waals surface area contributed by atoms with Crippen molar-refractivity contribution in [3.63, 3.8) is 0 Å². The highest BCUT2D eigenvalue weighted by molar-refractivity contribution is 5.26. The molecule has 5 nitrogen and oxygen atoms in total. The first-order chi connectivity index (χ1) is 8.06. The van der Waals surface area contributed by atoms with E-state index in [4.69, 9.17) is 5.73 Å². The fourth-order valence-corrected chi connectivity index (χ4v) is 2.14. The fourth-order valence-electron chi connectivity index (χ4n) is 2.14. The average molecular weight is 235 g/mol. The van der Waals surface area contributed by atoms with Crippen molar-refractivity contribution < 1.29 is 0 Å². The second kappa shape index (κ2) is 4.98. The molecule has 1 fully saturated rings. The lowest BCUT2D eigenvalue weighted by molar-refractivity contribution is 0.318. The van der Waals surface area contributed by atoms with Crippen molar-refractivity contribution in [2.24, 2.45) is 11.7 Å². The van der Waals surface area contributed by atoms with E-state index in [1.165, 1.54) is 0 Å².